The Labute approximate surface area is 113 Å². The summed E-state index contributed by atoms with van der Waals surface area (Å²) in [4.78, 5) is 13.8. The van der Waals surface area contributed by atoms with E-state index in [2.05, 4.69) is 24.3 Å². The average Bonchev–Trinajstić information content (AvgIpc) is 2.81. The highest BCUT2D eigenvalue weighted by atomic mass is 32.2. The Bertz CT molecular complexity index is 451. The fourth-order valence-electron chi connectivity index (χ4n) is 3.07. The zero-order valence-corrected chi connectivity index (χ0v) is 11.2. The molecule has 0 N–H and O–H groups in total. The molecule has 3 rings (SSSR count). The number of allylic oxidation sites excluding steroid dienone is 2. The van der Waals surface area contributed by atoms with Gasteiger partial charge in [0, 0.05) is 10.8 Å². The number of benzene rings is 1. The lowest BCUT2D eigenvalue weighted by molar-refractivity contribution is -0.122. The van der Waals surface area contributed by atoms with E-state index in [4.69, 9.17) is 0 Å². The van der Waals surface area contributed by atoms with Crippen molar-refractivity contribution < 1.29 is 4.79 Å². The number of rotatable bonds is 2. The molecule has 1 nitrogen and oxygen atoms in total. The molecule has 0 heterocycles. The van der Waals surface area contributed by atoms with Gasteiger partial charge in [0.25, 0.3) is 0 Å². The summed E-state index contributed by atoms with van der Waals surface area (Å²) in [5.74, 6) is 1.31. The Balaban J connectivity index is 1.76. The minimum Gasteiger partial charge on any atom is -0.298 e. The van der Waals surface area contributed by atoms with Crippen molar-refractivity contribution in [3.8, 4) is 0 Å². The Morgan fingerprint density at radius 3 is 2.78 bits per heavy atom. The van der Waals surface area contributed by atoms with Crippen LogP contribution in [0.25, 0.3) is 0 Å². The van der Waals surface area contributed by atoms with E-state index < -0.39 is 0 Å². The molecule has 0 amide bonds. The summed E-state index contributed by atoms with van der Waals surface area (Å²) in [5, 5.41) is 0.122. The van der Waals surface area contributed by atoms with E-state index in [0.29, 0.717) is 17.6 Å². The molecule has 0 bridgehead atoms. The number of hydrogen-bond acceptors (Lipinski definition) is 2. The van der Waals surface area contributed by atoms with Crippen molar-refractivity contribution in [3.05, 3.63) is 42.5 Å². The molecule has 0 aromatic heterocycles. The molecule has 2 aliphatic rings. The first-order valence-electron chi connectivity index (χ1n) is 6.76. The first-order chi connectivity index (χ1) is 8.84. The summed E-state index contributed by atoms with van der Waals surface area (Å²) in [6.45, 7) is 0. The number of ketones is 1. The second-order valence-electron chi connectivity index (χ2n) is 5.19. The van der Waals surface area contributed by atoms with Gasteiger partial charge in [-0.15, -0.1) is 11.8 Å². The maximum Gasteiger partial charge on any atom is 0.150 e. The molecule has 1 aromatic carbocycles. The van der Waals surface area contributed by atoms with Crippen molar-refractivity contribution >= 4 is 17.5 Å². The normalized spacial score (nSPS) is 31.1. The molecule has 0 aliphatic heterocycles. The van der Waals surface area contributed by atoms with Gasteiger partial charge in [-0.1, -0.05) is 36.8 Å². The van der Waals surface area contributed by atoms with Crippen LogP contribution in [0.1, 0.15) is 25.7 Å². The smallest absolute Gasteiger partial charge is 0.150 e. The molecule has 0 spiro atoms. The number of carbonyl (C=O) groups is 1. The summed E-state index contributed by atoms with van der Waals surface area (Å²) in [7, 11) is 0. The monoisotopic (exact) mass is 258 g/mol. The molecule has 1 fully saturated rings. The largest absolute Gasteiger partial charge is 0.298 e. The molecule has 2 aliphatic carbocycles. The van der Waals surface area contributed by atoms with Crippen molar-refractivity contribution in [2.75, 3.05) is 0 Å². The molecule has 3 atom stereocenters. The van der Waals surface area contributed by atoms with Gasteiger partial charge in [-0.05, 0) is 37.3 Å². The molecule has 1 saturated carbocycles. The molecule has 0 radical (unpaired) electrons. The van der Waals surface area contributed by atoms with Gasteiger partial charge in [-0.3, -0.25) is 4.79 Å². The van der Waals surface area contributed by atoms with Crippen LogP contribution in [0.2, 0.25) is 0 Å². The van der Waals surface area contributed by atoms with Crippen molar-refractivity contribution in [2.45, 2.75) is 35.8 Å². The molecular formula is C16H18OS. The van der Waals surface area contributed by atoms with Crippen LogP contribution in [-0.2, 0) is 4.79 Å². The molecule has 18 heavy (non-hydrogen) atoms. The predicted octanol–water partition coefficient (Wildman–Crippen LogP) is 4.09. The maximum atomic E-state index is 12.6. The van der Waals surface area contributed by atoms with Crippen molar-refractivity contribution in [2.24, 2.45) is 11.8 Å². The van der Waals surface area contributed by atoms with Crippen LogP contribution in [0, 0.1) is 11.8 Å². The molecule has 3 unspecified atom stereocenters. The lowest BCUT2D eigenvalue weighted by atomic mass is 9.92. The highest BCUT2D eigenvalue weighted by Crippen LogP contribution is 2.40. The van der Waals surface area contributed by atoms with Crippen LogP contribution in [-0.4, -0.2) is 11.0 Å². The summed E-state index contributed by atoms with van der Waals surface area (Å²) >= 11 is 1.73. The van der Waals surface area contributed by atoms with Crippen molar-refractivity contribution in [1.29, 1.82) is 0 Å². The maximum absolute atomic E-state index is 12.6. The number of carbonyl (C=O) groups excluding carboxylic acids is 1. The summed E-state index contributed by atoms with van der Waals surface area (Å²) < 4.78 is 0. The lowest BCUT2D eigenvalue weighted by Gasteiger charge is -2.18. The third-order valence-corrected chi connectivity index (χ3v) is 5.26. The van der Waals surface area contributed by atoms with E-state index in [-0.39, 0.29) is 5.25 Å². The fraction of sp³-hybridized carbons (Fsp3) is 0.438. The predicted molar refractivity (Wildman–Crippen MR) is 75.7 cm³/mol. The fourth-order valence-corrected chi connectivity index (χ4v) is 4.21. The van der Waals surface area contributed by atoms with Crippen molar-refractivity contribution in [3.63, 3.8) is 0 Å². The van der Waals surface area contributed by atoms with Gasteiger partial charge < -0.3 is 0 Å². The summed E-state index contributed by atoms with van der Waals surface area (Å²) in [6.07, 6.45) is 8.93. The Kier molecular flexibility index (Phi) is 3.55. The van der Waals surface area contributed by atoms with E-state index >= 15 is 0 Å². The summed E-state index contributed by atoms with van der Waals surface area (Å²) in [5.41, 5.74) is 0. The first-order valence-corrected chi connectivity index (χ1v) is 7.64. The van der Waals surface area contributed by atoms with Gasteiger partial charge >= 0.3 is 0 Å². The highest BCUT2D eigenvalue weighted by molar-refractivity contribution is 8.00. The third-order valence-electron chi connectivity index (χ3n) is 4.01. The number of hydrogen-bond donors (Lipinski definition) is 0. The quantitative estimate of drug-likeness (QED) is 0.743. The van der Waals surface area contributed by atoms with E-state index in [1.807, 2.05) is 18.2 Å². The Hall–Kier alpha value is -1.02. The van der Waals surface area contributed by atoms with Crippen LogP contribution >= 0.6 is 11.8 Å². The van der Waals surface area contributed by atoms with E-state index in [1.165, 1.54) is 17.7 Å². The molecule has 1 aromatic rings. The van der Waals surface area contributed by atoms with Crippen molar-refractivity contribution in [1.82, 2.24) is 0 Å². The number of thioether (sulfide) groups is 1. The van der Waals surface area contributed by atoms with Crippen LogP contribution in [0.4, 0.5) is 0 Å². The lowest BCUT2D eigenvalue weighted by Crippen LogP contribution is -2.25. The van der Waals surface area contributed by atoms with Gasteiger partial charge in [0.05, 0.1) is 5.25 Å². The standard InChI is InChI=1S/C16H18OS/c17-16-14-10-4-6-12(14)7-5-11-15(16)18-13-8-2-1-3-9-13/h1-3,5,7-9,12,14-15H,4,6,10-11H2. The van der Waals surface area contributed by atoms with Gasteiger partial charge in [0.2, 0.25) is 0 Å². The van der Waals surface area contributed by atoms with Crippen LogP contribution in [0.3, 0.4) is 0 Å². The van der Waals surface area contributed by atoms with E-state index in [1.54, 1.807) is 11.8 Å². The van der Waals surface area contributed by atoms with Gasteiger partial charge in [-0.25, -0.2) is 0 Å². The molecule has 94 valence electrons. The Morgan fingerprint density at radius 2 is 1.94 bits per heavy atom. The molecular weight excluding hydrogens is 240 g/mol. The SMILES string of the molecule is O=C1C(Sc2ccccc2)CC=CC2CCCC12. The Morgan fingerprint density at radius 1 is 1.11 bits per heavy atom. The minimum atomic E-state index is 0.122. The third kappa shape index (κ3) is 2.39. The van der Waals surface area contributed by atoms with Gasteiger partial charge in [-0.2, -0.15) is 0 Å². The zero-order chi connectivity index (χ0) is 12.4. The van der Waals surface area contributed by atoms with Gasteiger partial charge in [0.15, 0.2) is 0 Å². The van der Waals surface area contributed by atoms with Crippen LogP contribution < -0.4 is 0 Å². The highest BCUT2D eigenvalue weighted by Gasteiger charge is 2.36. The second-order valence-corrected chi connectivity index (χ2v) is 6.46. The van der Waals surface area contributed by atoms with Gasteiger partial charge in [0.1, 0.15) is 5.78 Å². The van der Waals surface area contributed by atoms with E-state index in [0.717, 1.165) is 12.8 Å². The van der Waals surface area contributed by atoms with Crippen LogP contribution in [0.5, 0.6) is 0 Å². The topological polar surface area (TPSA) is 17.1 Å². The number of fused-ring (bicyclic) bond motifs is 1. The summed E-state index contributed by atoms with van der Waals surface area (Å²) in [6, 6.07) is 10.3. The molecule has 2 heteroatoms. The second kappa shape index (κ2) is 5.31. The molecule has 0 saturated heterocycles. The first kappa shape index (κ1) is 12.0. The number of Topliss-reactive ketones (excluding diaryl/α,β-unsaturated/α-hetero) is 1. The van der Waals surface area contributed by atoms with E-state index in [9.17, 15) is 4.79 Å². The minimum absolute atomic E-state index is 0.122. The average molecular weight is 258 g/mol. The van der Waals surface area contributed by atoms with Crippen LogP contribution in [0.15, 0.2) is 47.4 Å². The zero-order valence-electron chi connectivity index (χ0n) is 10.4.